The molecule has 0 aliphatic heterocycles. The fourth-order valence-electron chi connectivity index (χ4n) is 2.29. The molecule has 4 N–H and O–H groups in total. The molecule has 144 valence electrons. The van der Waals surface area contributed by atoms with E-state index in [4.69, 9.17) is 10.5 Å². The van der Waals surface area contributed by atoms with E-state index in [-0.39, 0.29) is 12.2 Å². The molecule has 0 aliphatic rings. The van der Waals surface area contributed by atoms with Crippen molar-refractivity contribution in [2.45, 2.75) is 38.8 Å². The van der Waals surface area contributed by atoms with Gasteiger partial charge in [0.25, 0.3) is 0 Å². The summed E-state index contributed by atoms with van der Waals surface area (Å²) in [6.45, 7) is 5.07. The molecular formula is C18H22N4O5. The highest BCUT2D eigenvalue weighted by molar-refractivity contribution is 5.80. The van der Waals surface area contributed by atoms with E-state index in [1.54, 1.807) is 45.0 Å². The van der Waals surface area contributed by atoms with Crippen LogP contribution >= 0.6 is 0 Å². The summed E-state index contributed by atoms with van der Waals surface area (Å²) in [4.78, 5) is 38.8. The monoisotopic (exact) mass is 374 g/mol. The zero-order chi connectivity index (χ0) is 20.2. The van der Waals surface area contributed by atoms with E-state index < -0.39 is 29.4 Å². The third-order valence-corrected chi connectivity index (χ3v) is 3.47. The number of rotatable bonds is 5. The molecule has 1 unspecified atom stereocenters. The van der Waals surface area contributed by atoms with Crippen molar-refractivity contribution in [3.8, 4) is 5.69 Å². The lowest BCUT2D eigenvalue weighted by Crippen LogP contribution is -2.44. The Hall–Kier alpha value is -3.36. The second-order valence-electron chi connectivity index (χ2n) is 6.91. The van der Waals surface area contributed by atoms with Gasteiger partial charge < -0.3 is 20.9 Å². The van der Waals surface area contributed by atoms with Crippen LogP contribution in [-0.4, -0.2) is 38.4 Å². The van der Waals surface area contributed by atoms with Crippen LogP contribution in [0.2, 0.25) is 0 Å². The summed E-state index contributed by atoms with van der Waals surface area (Å²) >= 11 is 0. The SMILES string of the molecule is CC(C)(C)OC(=O)NC(Cc1ccc(-n2ccc(N)nc2=O)cc1)C(=O)O. The van der Waals surface area contributed by atoms with Crippen LogP contribution in [0.3, 0.4) is 0 Å². The second kappa shape index (κ2) is 7.90. The van der Waals surface area contributed by atoms with Crippen LogP contribution in [0.1, 0.15) is 26.3 Å². The first kappa shape index (κ1) is 20.0. The summed E-state index contributed by atoms with van der Waals surface area (Å²) in [7, 11) is 0. The van der Waals surface area contributed by atoms with Gasteiger partial charge in [-0.2, -0.15) is 4.98 Å². The number of hydrogen-bond donors (Lipinski definition) is 3. The number of aromatic nitrogens is 2. The highest BCUT2D eigenvalue weighted by Gasteiger charge is 2.24. The zero-order valence-corrected chi connectivity index (χ0v) is 15.3. The molecule has 1 amide bonds. The van der Waals surface area contributed by atoms with Crippen molar-refractivity contribution in [1.29, 1.82) is 0 Å². The van der Waals surface area contributed by atoms with Crippen LogP contribution in [-0.2, 0) is 16.0 Å². The van der Waals surface area contributed by atoms with Crippen LogP contribution in [0, 0.1) is 0 Å². The van der Waals surface area contributed by atoms with Crippen molar-refractivity contribution in [1.82, 2.24) is 14.9 Å². The summed E-state index contributed by atoms with van der Waals surface area (Å²) in [5.74, 6) is -1.05. The third-order valence-electron chi connectivity index (χ3n) is 3.47. The highest BCUT2D eigenvalue weighted by atomic mass is 16.6. The van der Waals surface area contributed by atoms with Crippen LogP contribution in [0.15, 0.2) is 41.3 Å². The Balaban J connectivity index is 2.12. The molecule has 0 saturated carbocycles. The van der Waals surface area contributed by atoms with Gasteiger partial charge in [-0.15, -0.1) is 0 Å². The largest absolute Gasteiger partial charge is 0.480 e. The highest BCUT2D eigenvalue weighted by Crippen LogP contribution is 2.11. The number of benzene rings is 1. The molecular weight excluding hydrogens is 352 g/mol. The molecule has 1 heterocycles. The Morgan fingerprint density at radius 1 is 1.26 bits per heavy atom. The number of carbonyl (C=O) groups excluding carboxylic acids is 1. The minimum atomic E-state index is -1.18. The summed E-state index contributed by atoms with van der Waals surface area (Å²) in [6, 6.07) is 7.00. The number of carboxylic acid groups (broad SMARTS) is 1. The Morgan fingerprint density at radius 2 is 1.89 bits per heavy atom. The molecule has 2 aromatic rings. The van der Waals surface area contributed by atoms with Gasteiger partial charge in [0.15, 0.2) is 0 Å². The maximum Gasteiger partial charge on any atom is 0.408 e. The predicted octanol–water partition coefficient (Wildman–Crippen LogP) is 1.34. The standard InChI is InChI=1S/C18H22N4O5/c1-18(2,3)27-17(26)20-13(15(23)24)10-11-4-6-12(7-5-11)22-9-8-14(19)21-16(22)25/h4-9,13H,10H2,1-3H3,(H,20,26)(H,23,24)(H2,19,21,25). The minimum Gasteiger partial charge on any atom is -0.480 e. The van der Waals surface area contributed by atoms with Gasteiger partial charge in [0.1, 0.15) is 17.5 Å². The molecule has 0 fully saturated rings. The Bertz CT molecular complexity index is 884. The number of anilines is 1. The molecule has 0 aliphatic carbocycles. The summed E-state index contributed by atoms with van der Waals surface area (Å²) in [5, 5.41) is 11.7. The van der Waals surface area contributed by atoms with Crippen LogP contribution in [0.5, 0.6) is 0 Å². The third kappa shape index (κ3) is 5.84. The summed E-state index contributed by atoms with van der Waals surface area (Å²) in [5.41, 5.74) is 5.45. The van der Waals surface area contributed by atoms with Gasteiger partial charge in [-0.1, -0.05) is 12.1 Å². The van der Waals surface area contributed by atoms with E-state index >= 15 is 0 Å². The van der Waals surface area contributed by atoms with Gasteiger partial charge >= 0.3 is 17.8 Å². The molecule has 0 radical (unpaired) electrons. The molecule has 1 aromatic carbocycles. The van der Waals surface area contributed by atoms with Gasteiger partial charge in [0.2, 0.25) is 0 Å². The Labute approximate surface area is 155 Å². The average molecular weight is 374 g/mol. The number of amides is 1. The molecule has 2 rings (SSSR count). The predicted molar refractivity (Wildman–Crippen MR) is 98.7 cm³/mol. The van der Waals surface area contributed by atoms with Crippen molar-refractivity contribution in [2.24, 2.45) is 0 Å². The van der Waals surface area contributed by atoms with Gasteiger partial charge in [-0.25, -0.2) is 14.4 Å². The van der Waals surface area contributed by atoms with Crippen molar-refractivity contribution in [3.63, 3.8) is 0 Å². The minimum absolute atomic E-state index is 0.0593. The van der Waals surface area contributed by atoms with E-state index in [1.807, 2.05) is 0 Å². The molecule has 0 bridgehead atoms. The van der Waals surface area contributed by atoms with Gasteiger partial charge in [0, 0.05) is 12.6 Å². The number of carbonyl (C=O) groups is 2. The number of nitrogens with zero attached hydrogens (tertiary/aromatic N) is 2. The van der Waals surface area contributed by atoms with Gasteiger partial charge in [-0.05, 0) is 44.5 Å². The first-order chi connectivity index (χ1) is 12.5. The lowest BCUT2D eigenvalue weighted by molar-refractivity contribution is -0.139. The molecule has 9 heteroatoms. The van der Waals surface area contributed by atoms with E-state index in [9.17, 15) is 19.5 Å². The molecule has 1 atom stereocenters. The maximum absolute atomic E-state index is 11.9. The number of nitrogen functional groups attached to an aromatic ring is 1. The van der Waals surface area contributed by atoms with Crippen LogP contribution in [0.4, 0.5) is 10.6 Å². The molecule has 1 aromatic heterocycles. The maximum atomic E-state index is 11.9. The fraction of sp³-hybridized carbons (Fsp3) is 0.333. The lowest BCUT2D eigenvalue weighted by atomic mass is 10.1. The molecule has 27 heavy (non-hydrogen) atoms. The van der Waals surface area contributed by atoms with E-state index in [0.717, 1.165) is 0 Å². The normalized spacial score (nSPS) is 12.3. The lowest BCUT2D eigenvalue weighted by Gasteiger charge is -2.22. The van der Waals surface area contributed by atoms with Crippen molar-refractivity contribution in [3.05, 3.63) is 52.6 Å². The number of alkyl carbamates (subject to hydrolysis) is 1. The quantitative estimate of drug-likeness (QED) is 0.718. The van der Waals surface area contributed by atoms with E-state index in [2.05, 4.69) is 10.3 Å². The van der Waals surface area contributed by atoms with Crippen LogP contribution in [0.25, 0.3) is 5.69 Å². The van der Waals surface area contributed by atoms with Crippen molar-refractivity contribution < 1.29 is 19.4 Å². The Morgan fingerprint density at radius 3 is 2.41 bits per heavy atom. The fourth-order valence-corrected chi connectivity index (χ4v) is 2.29. The summed E-state index contributed by atoms with van der Waals surface area (Å²) < 4.78 is 6.40. The molecule has 0 spiro atoms. The van der Waals surface area contributed by atoms with E-state index in [0.29, 0.717) is 11.3 Å². The number of nitrogens with two attached hydrogens (primary N) is 1. The number of ether oxygens (including phenoxy) is 1. The zero-order valence-electron chi connectivity index (χ0n) is 15.3. The Kier molecular flexibility index (Phi) is 5.84. The number of hydrogen-bond acceptors (Lipinski definition) is 6. The first-order valence-corrected chi connectivity index (χ1v) is 8.22. The molecule has 9 nitrogen and oxygen atoms in total. The van der Waals surface area contributed by atoms with Crippen LogP contribution < -0.4 is 16.7 Å². The number of carboxylic acids is 1. The molecule has 0 saturated heterocycles. The second-order valence-corrected chi connectivity index (χ2v) is 6.91. The van der Waals surface area contributed by atoms with Gasteiger partial charge in [-0.3, -0.25) is 4.57 Å². The van der Waals surface area contributed by atoms with Crippen molar-refractivity contribution >= 4 is 17.9 Å². The van der Waals surface area contributed by atoms with Crippen molar-refractivity contribution in [2.75, 3.05) is 5.73 Å². The number of aliphatic carboxylic acids is 1. The summed E-state index contributed by atoms with van der Waals surface area (Å²) in [6.07, 6.45) is 0.763. The van der Waals surface area contributed by atoms with Gasteiger partial charge in [0.05, 0.1) is 5.69 Å². The topological polar surface area (TPSA) is 137 Å². The van der Waals surface area contributed by atoms with E-state index in [1.165, 1.54) is 16.8 Å². The number of nitrogens with one attached hydrogen (secondary N) is 1. The smallest absolute Gasteiger partial charge is 0.408 e. The average Bonchev–Trinajstić information content (AvgIpc) is 2.53. The first-order valence-electron chi connectivity index (χ1n) is 8.22.